The molecule has 1 aromatic heterocycles. The standard InChI is InChI=1S/C26H20F3N3O4/c1-15(16-10-12-19(13-11-16)26(2,28)29)35-25(34)31-23(33)18-7-5-6-17(14-18)22-30-24(36-32-22)20-8-3-4-9-21(20)27/h3-15H,1-2H3,(H,31,33,34). The summed E-state index contributed by atoms with van der Waals surface area (Å²) >= 11 is 0. The van der Waals surface area contributed by atoms with Crippen molar-refractivity contribution in [3.63, 3.8) is 0 Å². The van der Waals surface area contributed by atoms with Crippen molar-refractivity contribution < 1.29 is 32.0 Å². The highest BCUT2D eigenvalue weighted by Crippen LogP contribution is 2.28. The predicted molar refractivity (Wildman–Crippen MR) is 124 cm³/mol. The van der Waals surface area contributed by atoms with E-state index in [0.717, 1.165) is 6.92 Å². The van der Waals surface area contributed by atoms with Gasteiger partial charge in [-0.15, -0.1) is 0 Å². The number of nitrogens with zero attached hydrogens (tertiary/aromatic N) is 2. The summed E-state index contributed by atoms with van der Waals surface area (Å²) in [6.07, 6.45) is -1.80. The predicted octanol–water partition coefficient (Wildman–Crippen LogP) is 6.28. The maximum atomic E-state index is 14.0. The van der Waals surface area contributed by atoms with Crippen LogP contribution in [0.5, 0.6) is 0 Å². The first-order valence-corrected chi connectivity index (χ1v) is 10.8. The average Bonchev–Trinajstić information content (AvgIpc) is 3.34. The summed E-state index contributed by atoms with van der Waals surface area (Å²) < 4.78 is 51.1. The van der Waals surface area contributed by atoms with Crippen molar-refractivity contribution in [2.45, 2.75) is 25.9 Å². The second-order valence-corrected chi connectivity index (χ2v) is 8.00. The highest BCUT2D eigenvalue weighted by atomic mass is 19.3. The third-order valence-electron chi connectivity index (χ3n) is 5.30. The lowest BCUT2D eigenvalue weighted by Gasteiger charge is -2.16. The van der Waals surface area contributed by atoms with Gasteiger partial charge in [0.25, 0.3) is 17.7 Å². The van der Waals surface area contributed by atoms with Crippen LogP contribution in [0, 0.1) is 5.82 Å². The van der Waals surface area contributed by atoms with Crippen LogP contribution in [0.3, 0.4) is 0 Å². The van der Waals surface area contributed by atoms with E-state index in [9.17, 15) is 22.8 Å². The molecule has 2 amide bonds. The number of halogens is 3. The summed E-state index contributed by atoms with van der Waals surface area (Å²) in [5, 5.41) is 5.95. The number of hydrogen-bond donors (Lipinski definition) is 1. The molecule has 184 valence electrons. The van der Waals surface area contributed by atoms with Crippen LogP contribution in [-0.2, 0) is 10.7 Å². The molecular formula is C26H20F3N3O4. The van der Waals surface area contributed by atoms with Gasteiger partial charge in [-0.25, -0.2) is 18.0 Å². The number of hydrogen-bond acceptors (Lipinski definition) is 6. The van der Waals surface area contributed by atoms with E-state index in [-0.39, 0.29) is 28.4 Å². The van der Waals surface area contributed by atoms with Crippen molar-refractivity contribution in [2.75, 3.05) is 0 Å². The SMILES string of the molecule is CC(OC(=O)NC(=O)c1cccc(-c2noc(-c3ccccc3F)n2)c1)c1ccc(C(C)(F)F)cc1. The molecule has 0 saturated carbocycles. The third kappa shape index (κ3) is 5.60. The van der Waals surface area contributed by atoms with Gasteiger partial charge in [-0.1, -0.05) is 53.7 Å². The van der Waals surface area contributed by atoms with Gasteiger partial charge < -0.3 is 9.26 Å². The third-order valence-corrected chi connectivity index (χ3v) is 5.30. The molecule has 3 aromatic carbocycles. The Kier molecular flexibility index (Phi) is 6.86. The van der Waals surface area contributed by atoms with Gasteiger partial charge in [0.1, 0.15) is 11.9 Å². The molecule has 10 heteroatoms. The van der Waals surface area contributed by atoms with Crippen LogP contribution in [-0.4, -0.2) is 22.1 Å². The van der Waals surface area contributed by atoms with E-state index in [1.165, 1.54) is 54.6 Å². The molecule has 0 saturated heterocycles. The Bertz CT molecular complexity index is 1400. The van der Waals surface area contributed by atoms with Crippen molar-refractivity contribution in [3.8, 4) is 22.8 Å². The first-order valence-electron chi connectivity index (χ1n) is 10.8. The fourth-order valence-corrected chi connectivity index (χ4v) is 3.35. The summed E-state index contributed by atoms with van der Waals surface area (Å²) in [5.74, 6) is -4.14. The summed E-state index contributed by atoms with van der Waals surface area (Å²) in [6.45, 7) is 2.34. The lowest BCUT2D eigenvalue weighted by molar-refractivity contribution is 0.0173. The molecule has 0 bridgehead atoms. The number of rotatable bonds is 6. The van der Waals surface area contributed by atoms with Crippen molar-refractivity contribution in [1.29, 1.82) is 0 Å². The molecule has 1 unspecified atom stereocenters. The number of aromatic nitrogens is 2. The van der Waals surface area contributed by atoms with Crippen LogP contribution >= 0.6 is 0 Å². The first kappa shape index (κ1) is 24.6. The molecule has 0 aliphatic heterocycles. The van der Waals surface area contributed by atoms with Crippen LogP contribution in [0.25, 0.3) is 22.8 Å². The number of alkyl carbamates (subject to hydrolysis) is 1. The number of carbonyl (C=O) groups excluding carboxylic acids is 2. The molecule has 0 radical (unpaired) electrons. The Morgan fingerprint density at radius 3 is 2.44 bits per heavy atom. The van der Waals surface area contributed by atoms with Gasteiger partial charge in [-0.05, 0) is 36.8 Å². The van der Waals surface area contributed by atoms with Crippen LogP contribution < -0.4 is 5.32 Å². The molecule has 36 heavy (non-hydrogen) atoms. The van der Waals surface area contributed by atoms with E-state index in [0.29, 0.717) is 11.1 Å². The van der Waals surface area contributed by atoms with E-state index in [1.807, 2.05) is 0 Å². The van der Waals surface area contributed by atoms with E-state index in [1.54, 1.807) is 25.1 Å². The second-order valence-electron chi connectivity index (χ2n) is 8.00. The summed E-state index contributed by atoms with van der Waals surface area (Å²) in [4.78, 5) is 29.0. The van der Waals surface area contributed by atoms with E-state index in [2.05, 4.69) is 15.5 Å². The Balaban J connectivity index is 1.41. The van der Waals surface area contributed by atoms with Crippen molar-refractivity contribution in [3.05, 3.63) is 95.3 Å². The summed E-state index contributed by atoms with van der Waals surface area (Å²) in [7, 11) is 0. The average molecular weight is 495 g/mol. The van der Waals surface area contributed by atoms with Crippen LogP contribution in [0.4, 0.5) is 18.0 Å². The monoisotopic (exact) mass is 495 g/mol. The topological polar surface area (TPSA) is 94.3 Å². The minimum absolute atomic E-state index is 0.0220. The Labute approximate surface area is 203 Å². The van der Waals surface area contributed by atoms with Gasteiger partial charge in [0.15, 0.2) is 0 Å². The number of alkyl halides is 2. The zero-order valence-corrected chi connectivity index (χ0v) is 19.2. The molecule has 0 aliphatic carbocycles. The molecule has 4 aromatic rings. The fraction of sp³-hybridized carbons (Fsp3) is 0.154. The minimum Gasteiger partial charge on any atom is -0.441 e. The van der Waals surface area contributed by atoms with Gasteiger partial charge in [-0.3, -0.25) is 10.1 Å². The first-order chi connectivity index (χ1) is 17.1. The Morgan fingerprint density at radius 1 is 1.03 bits per heavy atom. The normalized spacial score (nSPS) is 12.1. The molecule has 0 aliphatic rings. The Hall–Kier alpha value is -4.47. The van der Waals surface area contributed by atoms with Crippen LogP contribution in [0.2, 0.25) is 0 Å². The zero-order valence-electron chi connectivity index (χ0n) is 19.2. The van der Waals surface area contributed by atoms with Crippen LogP contribution in [0.15, 0.2) is 77.3 Å². The number of carbonyl (C=O) groups is 2. The molecular weight excluding hydrogens is 475 g/mol. The number of benzene rings is 3. The molecule has 1 N–H and O–H groups in total. The zero-order chi connectivity index (χ0) is 25.9. The second kappa shape index (κ2) is 10.0. The molecule has 1 heterocycles. The molecule has 4 rings (SSSR count). The van der Waals surface area contributed by atoms with E-state index < -0.39 is 29.8 Å². The molecule has 0 spiro atoms. The molecule has 7 nitrogen and oxygen atoms in total. The maximum absolute atomic E-state index is 14.0. The lowest BCUT2D eigenvalue weighted by atomic mass is 10.0. The van der Waals surface area contributed by atoms with Crippen molar-refractivity contribution in [1.82, 2.24) is 15.5 Å². The van der Waals surface area contributed by atoms with Gasteiger partial charge >= 0.3 is 6.09 Å². The number of ether oxygens (including phenoxy) is 1. The number of amides is 2. The maximum Gasteiger partial charge on any atom is 0.414 e. The van der Waals surface area contributed by atoms with Crippen molar-refractivity contribution in [2.24, 2.45) is 0 Å². The fourth-order valence-electron chi connectivity index (χ4n) is 3.35. The quantitative estimate of drug-likeness (QED) is 0.338. The van der Waals surface area contributed by atoms with E-state index >= 15 is 0 Å². The highest BCUT2D eigenvalue weighted by molar-refractivity contribution is 6.03. The number of imide groups is 1. The Morgan fingerprint density at radius 2 is 1.75 bits per heavy atom. The highest BCUT2D eigenvalue weighted by Gasteiger charge is 2.24. The largest absolute Gasteiger partial charge is 0.441 e. The van der Waals surface area contributed by atoms with Crippen molar-refractivity contribution >= 4 is 12.0 Å². The molecule has 0 fully saturated rings. The summed E-state index contributed by atoms with van der Waals surface area (Å²) in [5.41, 5.74) is 0.975. The summed E-state index contributed by atoms with van der Waals surface area (Å²) in [6, 6.07) is 17.4. The van der Waals surface area contributed by atoms with Gasteiger partial charge in [0.2, 0.25) is 5.82 Å². The van der Waals surface area contributed by atoms with Crippen LogP contribution in [0.1, 0.15) is 41.4 Å². The molecule has 1 atom stereocenters. The smallest absolute Gasteiger partial charge is 0.414 e. The van der Waals surface area contributed by atoms with Gasteiger partial charge in [0, 0.05) is 23.6 Å². The van der Waals surface area contributed by atoms with Gasteiger partial charge in [-0.2, -0.15) is 4.98 Å². The lowest BCUT2D eigenvalue weighted by Crippen LogP contribution is -2.31. The van der Waals surface area contributed by atoms with E-state index in [4.69, 9.17) is 9.26 Å². The number of nitrogens with one attached hydrogen (secondary N) is 1. The minimum atomic E-state index is -2.98. The van der Waals surface area contributed by atoms with Gasteiger partial charge in [0.05, 0.1) is 5.56 Å².